The van der Waals surface area contributed by atoms with Crippen LogP contribution in [-0.4, -0.2) is 48.1 Å². The van der Waals surface area contributed by atoms with Crippen molar-refractivity contribution in [2.45, 2.75) is 20.0 Å². The molecule has 0 fully saturated rings. The molecule has 0 aliphatic rings. The largest absolute Gasteiger partial charge is 0.490 e. The Balaban J connectivity index is 1.46. The lowest BCUT2D eigenvalue weighted by Gasteiger charge is -2.15. The predicted octanol–water partition coefficient (Wildman–Crippen LogP) is 3.23. The molecule has 0 saturated carbocycles. The summed E-state index contributed by atoms with van der Waals surface area (Å²) < 4.78 is 27.1. The highest BCUT2D eigenvalue weighted by Gasteiger charge is 2.18. The van der Waals surface area contributed by atoms with E-state index in [2.05, 4.69) is 0 Å². The maximum absolute atomic E-state index is 12.7. The van der Waals surface area contributed by atoms with Crippen LogP contribution in [0.5, 0.6) is 11.5 Å². The van der Waals surface area contributed by atoms with Crippen LogP contribution in [0.25, 0.3) is 21.9 Å². The second-order valence-corrected chi connectivity index (χ2v) is 8.78. The number of aliphatic hydroxyl groups excluding tert-OH is 1. The predicted molar refractivity (Wildman–Crippen MR) is 134 cm³/mol. The van der Waals surface area contributed by atoms with E-state index >= 15 is 0 Å². The molecule has 0 saturated heterocycles. The number of carboxylic acid groups (broad SMARTS) is 1. The van der Waals surface area contributed by atoms with Crippen molar-refractivity contribution in [1.82, 2.24) is 0 Å². The fourth-order valence-electron chi connectivity index (χ4n) is 3.54. The first-order valence-corrected chi connectivity index (χ1v) is 11.6. The number of carboxylic acids is 1. The van der Waals surface area contributed by atoms with Gasteiger partial charge in [0.25, 0.3) is 0 Å². The van der Waals surface area contributed by atoms with Crippen LogP contribution in [0.15, 0.2) is 67.0 Å². The number of carbonyl (C=O) groups excluding carboxylic acids is 1. The van der Waals surface area contributed by atoms with Crippen LogP contribution >= 0.6 is 0 Å². The average Bonchev–Trinajstić information content (AvgIpc) is 2.88. The second-order valence-electron chi connectivity index (χ2n) is 8.78. The molecule has 0 spiro atoms. The number of fused-ring (bicyclic) bond motifs is 2. The number of esters is 1. The number of aromatic carboxylic acids is 1. The molecule has 1 atom stereocenters. The first-order chi connectivity index (χ1) is 18.1. The van der Waals surface area contributed by atoms with E-state index in [1.807, 2.05) is 13.8 Å². The number of hydrogen-bond donors (Lipinski definition) is 2. The summed E-state index contributed by atoms with van der Waals surface area (Å²) in [6.45, 7) is 3.37. The number of benzene rings is 2. The molecule has 0 aliphatic heterocycles. The molecule has 4 aromatic rings. The molecule has 0 amide bonds. The van der Waals surface area contributed by atoms with Crippen molar-refractivity contribution in [1.29, 1.82) is 0 Å². The summed E-state index contributed by atoms with van der Waals surface area (Å²) in [7, 11) is 0. The molecule has 38 heavy (non-hydrogen) atoms. The standard InChI is InChI=1S/C27H24O11/c1-14(2)11-36-27(33)23-10-17(30)25-19(6-4-8-21(25)38-23)35-13-15(28)12-34-18-5-3-7-20-24(18)16(29)9-22(37-20)26(31)32/h3-10,14-15,28H,11-13H2,1-2H3,(H,31,32). The Bertz CT molecular complexity index is 1610. The number of rotatable bonds is 10. The van der Waals surface area contributed by atoms with Gasteiger partial charge in [-0.05, 0) is 30.2 Å². The minimum absolute atomic E-state index is 0.0214. The van der Waals surface area contributed by atoms with Crippen LogP contribution < -0.4 is 20.3 Å². The smallest absolute Gasteiger partial charge is 0.374 e. The van der Waals surface area contributed by atoms with Gasteiger partial charge in [-0.2, -0.15) is 0 Å². The summed E-state index contributed by atoms with van der Waals surface area (Å²) >= 11 is 0. The fraction of sp³-hybridized carbons (Fsp3) is 0.259. The zero-order valence-corrected chi connectivity index (χ0v) is 20.5. The first kappa shape index (κ1) is 26.4. The fourth-order valence-corrected chi connectivity index (χ4v) is 3.54. The van der Waals surface area contributed by atoms with Crippen LogP contribution in [0.2, 0.25) is 0 Å². The topological polar surface area (TPSA) is 163 Å². The van der Waals surface area contributed by atoms with E-state index in [1.165, 1.54) is 30.3 Å². The van der Waals surface area contributed by atoms with E-state index in [0.717, 1.165) is 12.1 Å². The third-order valence-electron chi connectivity index (χ3n) is 5.26. The third-order valence-corrected chi connectivity index (χ3v) is 5.26. The SMILES string of the molecule is CC(C)COC(=O)c1cc(=O)c2c(OCC(O)COc3cccc4oc(C(=O)O)cc(=O)c34)cccc2o1. The van der Waals surface area contributed by atoms with Gasteiger partial charge in [-0.15, -0.1) is 0 Å². The molecule has 0 radical (unpaired) electrons. The Kier molecular flexibility index (Phi) is 7.77. The van der Waals surface area contributed by atoms with Crippen molar-refractivity contribution in [2.75, 3.05) is 19.8 Å². The number of ether oxygens (including phenoxy) is 3. The highest BCUT2D eigenvalue weighted by atomic mass is 16.5. The summed E-state index contributed by atoms with van der Waals surface area (Å²) in [6.07, 6.45) is -1.18. The molecule has 2 aromatic carbocycles. The summed E-state index contributed by atoms with van der Waals surface area (Å²) in [4.78, 5) is 48.5. The average molecular weight is 524 g/mol. The van der Waals surface area contributed by atoms with Crippen molar-refractivity contribution in [3.63, 3.8) is 0 Å². The second kappa shape index (κ2) is 11.2. The maximum atomic E-state index is 12.7. The molecule has 2 aromatic heterocycles. The highest BCUT2D eigenvalue weighted by Crippen LogP contribution is 2.25. The van der Waals surface area contributed by atoms with E-state index in [9.17, 15) is 24.3 Å². The molecular weight excluding hydrogens is 500 g/mol. The highest BCUT2D eigenvalue weighted by molar-refractivity contribution is 5.91. The van der Waals surface area contributed by atoms with Crippen LogP contribution in [-0.2, 0) is 4.74 Å². The van der Waals surface area contributed by atoms with Crippen LogP contribution in [0, 0.1) is 5.92 Å². The molecule has 198 valence electrons. The van der Waals surface area contributed by atoms with Gasteiger partial charge >= 0.3 is 11.9 Å². The molecule has 2 N–H and O–H groups in total. The van der Waals surface area contributed by atoms with E-state index in [-0.39, 0.29) is 64.9 Å². The van der Waals surface area contributed by atoms with E-state index in [0.29, 0.717) is 0 Å². The van der Waals surface area contributed by atoms with Crippen molar-refractivity contribution < 1.29 is 42.8 Å². The van der Waals surface area contributed by atoms with Gasteiger partial charge in [0, 0.05) is 12.1 Å². The molecular formula is C27H24O11. The summed E-state index contributed by atoms with van der Waals surface area (Å²) in [5.41, 5.74) is -0.999. The molecule has 11 heteroatoms. The number of aliphatic hydroxyl groups is 1. The zero-order chi connectivity index (χ0) is 27.4. The molecule has 2 heterocycles. The van der Waals surface area contributed by atoms with E-state index < -0.39 is 34.7 Å². The van der Waals surface area contributed by atoms with Gasteiger partial charge in [-0.25, -0.2) is 9.59 Å². The van der Waals surface area contributed by atoms with Gasteiger partial charge in [0.15, 0.2) is 10.9 Å². The number of hydrogen-bond acceptors (Lipinski definition) is 10. The Morgan fingerprint density at radius 2 is 1.32 bits per heavy atom. The summed E-state index contributed by atoms with van der Waals surface area (Å²) in [5, 5.41) is 19.6. The zero-order valence-electron chi connectivity index (χ0n) is 20.5. The monoisotopic (exact) mass is 524 g/mol. The van der Waals surface area contributed by atoms with Gasteiger partial charge in [-0.1, -0.05) is 26.0 Å². The Hall–Kier alpha value is -4.64. The summed E-state index contributed by atoms with van der Waals surface area (Å²) in [6, 6.07) is 10.9. The Labute approximate surface area is 214 Å². The molecule has 0 aliphatic carbocycles. The third kappa shape index (κ3) is 5.84. The Morgan fingerprint density at radius 3 is 1.82 bits per heavy atom. The van der Waals surface area contributed by atoms with Gasteiger partial charge in [0.05, 0.1) is 6.61 Å². The summed E-state index contributed by atoms with van der Waals surface area (Å²) in [5.74, 6) is -2.54. The van der Waals surface area contributed by atoms with Crippen LogP contribution in [0.1, 0.15) is 35.0 Å². The Morgan fingerprint density at radius 1 is 0.816 bits per heavy atom. The maximum Gasteiger partial charge on any atom is 0.374 e. The number of carbonyl (C=O) groups is 2. The van der Waals surface area contributed by atoms with Crippen LogP contribution in [0.4, 0.5) is 0 Å². The molecule has 4 rings (SSSR count). The van der Waals surface area contributed by atoms with Crippen molar-refractivity contribution in [3.05, 3.63) is 80.5 Å². The lowest BCUT2D eigenvalue weighted by molar-refractivity contribution is 0.0423. The lowest BCUT2D eigenvalue weighted by atomic mass is 10.2. The normalized spacial score (nSPS) is 12.0. The minimum atomic E-state index is -1.38. The van der Waals surface area contributed by atoms with Crippen LogP contribution in [0.3, 0.4) is 0 Å². The quantitative estimate of drug-likeness (QED) is 0.293. The molecule has 0 bridgehead atoms. The first-order valence-electron chi connectivity index (χ1n) is 11.6. The van der Waals surface area contributed by atoms with Gasteiger partial charge < -0.3 is 33.3 Å². The van der Waals surface area contributed by atoms with E-state index in [4.69, 9.17) is 28.2 Å². The lowest BCUT2D eigenvalue weighted by Crippen LogP contribution is -2.25. The van der Waals surface area contributed by atoms with Gasteiger partial charge in [0.1, 0.15) is 52.8 Å². The van der Waals surface area contributed by atoms with Crippen molar-refractivity contribution >= 4 is 33.9 Å². The van der Waals surface area contributed by atoms with Crippen molar-refractivity contribution in [2.24, 2.45) is 5.92 Å². The van der Waals surface area contributed by atoms with E-state index in [1.54, 1.807) is 6.07 Å². The van der Waals surface area contributed by atoms with Gasteiger partial charge in [-0.3, -0.25) is 9.59 Å². The molecule has 11 nitrogen and oxygen atoms in total. The molecule has 1 unspecified atom stereocenters. The van der Waals surface area contributed by atoms with Crippen molar-refractivity contribution in [3.8, 4) is 11.5 Å². The van der Waals surface area contributed by atoms with Gasteiger partial charge in [0.2, 0.25) is 11.5 Å². The minimum Gasteiger partial charge on any atom is -0.490 e.